The van der Waals surface area contributed by atoms with Gasteiger partial charge in [-0.15, -0.1) is 6.58 Å². The summed E-state index contributed by atoms with van der Waals surface area (Å²) in [7, 11) is 3.35. The Hall–Kier alpha value is -1.48. The number of hydrogen-bond acceptors (Lipinski definition) is 3. The number of hydrogen-bond donors (Lipinski definition) is 1. The van der Waals surface area contributed by atoms with Crippen molar-refractivity contribution in [2.75, 3.05) is 20.8 Å². The van der Waals surface area contributed by atoms with E-state index in [1.807, 2.05) is 24.3 Å². The van der Waals surface area contributed by atoms with E-state index in [0.717, 1.165) is 30.0 Å². The third kappa shape index (κ3) is 3.24. The molecule has 1 aromatic rings. The van der Waals surface area contributed by atoms with Crippen LogP contribution in [0.5, 0.6) is 11.5 Å². The highest BCUT2D eigenvalue weighted by Gasteiger charge is 2.18. The topological polar surface area (TPSA) is 30.5 Å². The van der Waals surface area contributed by atoms with E-state index in [1.165, 1.54) is 0 Å². The molecule has 1 atom stereocenters. The van der Waals surface area contributed by atoms with Crippen LogP contribution in [0.3, 0.4) is 0 Å². The SMILES string of the molecule is C=CCC(NCC)c1c(OC)cccc1OC. The van der Waals surface area contributed by atoms with Crippen LogP contribution < -0.4 is 14.8 Å². The zero-order valence-corrected chi connectivity index (χ0v) is 10.8. The lowest BCUT2D eigenvalue weighted by molar-refractivity contribution is 0.371. The van der Waals surface area contributed by atoms with Gasteiger partial charge in [0.25, 0.3) is 0 Å². The molecule has 0 fully saturated rings. The van der Waals surface area contributed by atoms with E-state index in [4.69, 9.17) is 9.47 Å². The molecule has 0 bridgehead atoms. The van der Waals surface area contributed by atoms with Crippen LogP contribution in [0.1, 0.15) is 24.9 Å². The first-order chi connectivity index (χ1) is 8.28. The molecule has 3 heteroatoms. The van der Waals surface area contributed by atoms with Gasteiger partial charge < -0.3 is 14.8 Å². The molecule has 1 unspecified atom stereocenters. The lowest BCUT2D eigenvalue weighted by Gasteiger charge is -2.21. The summed E-state index contributed by atoms with van der Waals surface area (Å²) in [5.74, 6) is 1.69. The van der Waals surface area contributed by atoms with Crippen molar-refractivity contribution in [1.82, 2.24) is 5.32 Å². The van der Waals surface area contributed by atoms with Crippen LogP contribution in [-0.2, 0) is 0 Å². The predicted octanol–water partition coefficient (Wildman–Crippen LogP) is 2.93. The Morgan fingerprint density at radius 3 is 2.29 bits per heavy atom. The molecule has 1 rings (SSSR count). The highest BCUT2D eigenvalue weighted by molar-refractivity contribution is 5.47. The average Bonchev–Trinajstić information content (AvgIpc) is 2.37. The molecule has 0 spiro atoms. The van der Waals surface area contributed by atoms with Gasteiger partial charge in [0.2, 0.25) is 0 Å². The molecule has 1 aromatic carbocycles. The second-order valence-electron chi connectivity index (χ2n) is 3.71. The maximum Gasteiger partial charge on any atom is 0.127 e. The van der Waals surface area contributed by atoms with Crippen LogP contribution in [-0.4, -0.2) is 20.8 Å². The fourth-order valence-corrected chi connectivity index (χ4v) is 1.94. The molecule has 0 saturated carbocycles. The van der Waals surface area contributed by atoms with Gasteiger partial charge in [-0.05, 0) is 25.1 Å². The molecule has 1 N–H and O–H groups in total. The molecule has 17 heavy (non-hydrogen) atoms. The van der Waals surface area contributed by atoms with E-state index >= 15 is 0 Å². The third-order valence-electron chi connectivity index (χ3n) is 2.67. The van der Waals surface area contributed by atoms with Crippen LogP contribution in [0, 0.1) is 0 Å². The highest BCUT2D eigenvalue weighted by Crippen LogP contribution is 2.35. The maximum atomic E-state index is 5.41. The Morgan fingerprint density at radius 1 is 1.29 bits per heavy atom. The number of nitrogens with one attached hydrogen (secondary N) is 1. The van der Waals surface area contributed by atoms with Crippen LogP contribution in [0.25, 0.3) is 0 Å². The Morgan fingerprint density at radius 2 is 1.88 bits per heavy atom. The van der Waals surface area contributed by atoms with Crippen molar-refractivity contribution in [2.24, 2.45) is 0 Å². The minimum atomic E-state index is 0.170. The fraction of sp³-hybridized carbons (Fsp3) is 0.429. The Labute approximate surface area is 103 Å². The van der Waals surface area contributed by atoms with E-state index in [2.05, 4.69) is 18.8 Å². The van der Waals surface area contributed by atoms with E-state index in [1.54, 1.807) is 14.2 Å². The summed E-state index contributed by atoms with van der Waals surface area (Å²) in [4.78, 5) is 0. The molecular weight excluding hydrogens is 214 g/mol. The van der Waals surface area contributed by atoms with Crippen molar-refractivity contribution in [2.45, 2.75) is 19.4 Å². The molecule has 0 amide bonds. The van der Waals surface area contributed by atoms with E-state index < -0.39 is 0 Å². The van der Waals surface area contributed by atoms with Gasteiger partial charge in [-0.1, -0.05) is 19.1 Å². The lowest BCUT2D eigenvalue weighted by atomic mass is 10.0. The van der Waals surface area contributed by atoms with Gasteiger partial charge in [0.05, 0.1) is 19.8 Å². The number of benzene rings is 1. The van der Waals surface area contributed by atoms with Crippen molar-refractivity contribution in [3.8, 4) is 11.5 Å². The summed E-state index contributed by atoms with van der Waals surface area (Å²) in [5.41, 5.74) is 1.05. The van der Waals surface area contributed by atoms with Gasteiger partial charge in [0, 0.05) is 6.04 Å². The van der Waals surface area contributed by atoms with Crippen molar-refractivity contribution in [3.63, 3.8) is 0 Å². The normalized spacial score (nSPS) is 11.9. The standard InChI is InChI=1S/C14H21NO2/c1-5-8-11(15-6-2)14-12(16-3)9-7-10-13(14)17-4/h5,7,9-11,15H,1,6,8H2,2-4H3. The van der Waals surface area contributed by atoms with Gasteiger partial charge in [-0.25, -0.2) is 0 Å². The minimum Gasteiger partial charge on any atom is -0.496 e. The summed E-state index contributed by atoms with van der Waals surface area (Å²) in [6.07, 6.45) is 2.74. The summed E-state index contributed by atoms with van der Waals surface area (Å²) in [6, 6.07) is 6.00. The average molecular weight is 235 g/mol. The molecule has 0 aliphatic carbocycles. The zero-order valence-electron chi connectivity index (χ0n) is 10.8. The largest absolute Gasteiger partial charge is 0.496 e. The lowest BCUT2D eigenvalue weighted by Crippen LogP contribution is -2.21. The molecule has 0 heterocycles. The van der Waals surface area contributed by atoms with E-state index in [9.17, 15) is 0 Å². The summed E-state index contributed by atoms with van der Waals surface area (Å²) in [6.45, 7) is 6.77. The molecule has 0 aromatic heterocycles. The van der Waals surface area contributed by atoms with Crippen molar-refractivity contribution < 1.29 is 9.47 Å². The first-order valence-electron chi connectivity index (χ1n) is 5.83. The maximum absolute atomic E-state index is 5.41. The molecule has 94 valence electrons. The predicted molar refractivity (Wildman–Crippen MR) is 70.8 cm³/mol. The number of ether oxygens (including phenoxy) is 2. The second-order valence-corrected chi connectivity index (χ2v) is 3.71. The van der Waals surface area contributed by atoms with Gasteiger partial charge in [0.15, 0.2) is 0 Å². The van der Waals surface area contributed by atoms with Gasteiger partial charge in [0.1, 0.15) is 11.5 Å². The van der Waals surface area contributed by atoms with Crippen molar-refractivity contribution in [1.29, 1.82) is 0 Å². The number of rotatable bonds is 7. The Balaban J connectivity index is 3.17. The molecule has 0 radical (unpaired) electrons. The summed E-state index contributed by atoms with van der Waals surface area (Å²) in [5, 5.41) is 3.42. The summed E-state index contributed by atoms with van der Waals surface area (Å²) < 4.78 is 10.8. The van der Waals surface area contributed by atoms with E-state index in [-0.39, 0.29) is 6.04 Å². The first kappa shape index (κ1) is 13.6. The van der Waals surface area contributed by atoms with Gasteiger partial charge >= 0.3 is 0 Å². The number of methoxy groups -OCH3 is 2. The molecule has 0 aliphatic rings. The van der Waals surface area contributed by atoms with Crippen LogP contribution in [0.4, 0.5) is 0 Å². The first-order valence-corrected chi connectivity index (χ1v) is 5.83. The second kappa shape index (κ2) is 6.97. The zero-order chi connectivity index (χ0) is 12.7. The molecule has 3 nitrogen and oxygen atoms in total. The quantitative estimate of drug-likeness (QED) is 0.737. The fourth-order valence-electron chi connectivity index (χ4n) is 1.94. The molecule has 0 saturated heterocycles. The van der Waals surface area contributed by atoms with Crippen LogP contribution in [0.15, 0.2) is 30.9 Å². The van der Waals surface area contributed by atoms with Crippen molar-refractivity contribution in [3.05, 3.63) is 36.4 Å². The Kier molecular flexibility index (Phi) is 5.57. The minimum absolute atomic E-state index is 0.170. The third-order valence-corrected chi connectivity index (χ3v) is 2.67. The summed E-state index contributed by atoms with van der Waals surface area (Å²) >= 11 is 0. The monoisotopic (exact) mass is 235 g/mol. The van der Waals surface area contributed by atoms with E-state index in [0.29, 0.717) is 0 Å². The smallest absolute Gasteiger partial charge is 0.127 e. The van der Waals surface area contributed by atoms with Gasteiger partial charge in [-0.2, -0.15) is 0 Å². The highest BCUT2D eigenvalue weighted by atomic mass is 16.5. The van der Waals surface area contributed by atoms with Crippen LogP contribution >= 0.6 is 0 Å². The molecular formula is C14H21NO2. The molecule has 0 aliphatic heterocycles. The Bertz CT molecular complexity index is 341. The van der Waals surface area contributed by atoms with Gasteiger partial charge in [-0.3, -0.25) is 0 Å². The van der Waals surface area contributed by atoms with Crippen molar-refractivity contribution >= 4 is 0 Å². The van der Waals surface area contributed by atoms with Crippen LogP contribution in [0.2, 0.25) is 0 Å².